The molecule has 5 heteroatoms. The molecule has 0 spiro atoms. The molecule has 0 aliphatic carbocycles. The van der Waals surface area contributed by atoms with Gasteiger partial charge in [-0.3, -0.25) is 9.36 Å². The molecule has 0 unspecified atom stereocenters. The van der Waals surface area contributed by atoms with Crippen molar-refractivity contribution in [2.24, 2.45) is 0 Å². The minimum Gasteiger partial charge on any atom is -0.385 e. The first-order chi connectivity index (χ1) is 9.59. The number of aromatic nitrogens is 1. The van der Waals surface area contributed by atoms with Crippen molar-refractivity contribution in [3.63, 3.8) is 0 Å². The van der Waals surface area contributed by atoms with E-state index in [2.05, 4.69) is 0 Å². The number of anilines is 1. The Morgan fingerprint density at radius 2 is 1.85 bits per heavy atom. The summed E-state index contributed by atoms with van der Waals surface area (Å²) in [5, 5.41) is 1.14. The molecule has 0 radical (unpaired) electrons. The first kappa shape index (κ1) is 12.7. The highest BCUT2D eigenvalue weighted by atomic mass is 35.5. The van der Waals surface area contributed by atoms with Crippen LogP contribution in [-0.2, 0) is 0 Å². The Hall–Kier alpha value is -2.33. The van der Waals surface area contributed by atoms with Crippen LogP contribution in [0.25, 0.3) is 16.5 Å². The lowest BCUT2D eigenvalue weighted by Crippen LogP contribution is -2.22. The van der Waals surface area contributed by atoms with Gasteiger partial charge in [-0.2, -0.15) is 0 Å². The normalized spacial score (nSPS) is 10.9. The molecule has 0 atom stereocenters. The van der Waals surface area contributed by atoms with Gasteiger partial charge in [0, 0.05) is 5.39 Å². The van der Waals surface area contributed by atoms with E-state index in [0.717, 1.165) is 4.57 Å². The van der Waals surface area contributed by atoms with Crippen LogP contribution in [0.5, 0.6) is 0 Å². The van der Waals surface area contributed by atoms with Crippen LogP contribution in [-0.4, -0.2) is 4.57 Å². The Labute approximate surface area is 119 Å². The number of benzene rings is 2. The number of halogens is 2. The predicted octanol–water partition coefficient (Wildman–Crippen LogP) is 3.37. The third-order valence-electron chi connectivity index (χ3n) is 3.13. The van der Waals surface area contributed by atoms with Gasteiger partial charge in [0.15, 0.2) is 5.82 Å². The van der Waals surface area contributed by atoms with Gasteiger partial charge in [0.05, 0.1) is 10.7 Å². The standard InChI is InChI=1S/C15H10ClFN2O/c16-11-6-3-7-12(14(11)17)19-13(18)8-9-4-1-2-5-10(9)15(19)20/h1-8H,18H2. The van der Waals surface area contributed by atoms with Gasteiger partial charge in [-0.15, -0.1) is 0 Å². The second kappa shape index (κ2) is 4.65. The van der Waals surface area contributed by atoms with Gasteiger partial charge < -0.3 is 5.73 Å². The van der Waals surface area contributed by atoms with Crippen molar-refractivity contribution in [3.8, 4) is 5.69 Å². The van der Waals surface area contributed by atoms with Crippen LogP contribution in [0.2, 0.25) is 5.02 Å². The number of rotatable bonds is 1. The Morgan fingerprint density at radius 1 is 1.10 bits per heavy atom. The number of hydrogen-bond acceptors (Lipinski definition) is 2. The summed E-state index contributed by atoms with van der Waals surface area (Å²) in [7, 11) is 0. The second-order valence-corrected chi connectivity index (χ2v) is 4.78. The van der Waals surface area contributed by atoms with Crippen molar-refractivity contribution in [1.82, 2.24) is 4.57 Å². The second-order valence-electron chi connectivity index (χ2n) is 4.37. The summed E-state index contributed by atoms with van der Waals surface area (Å²) in [6.07, 6.45) is 0. The fraction of sp³-hybridized carbons (Fsp3) is 0. The lowest BCUT2D eigenvalue weighted by atomic mass is 10.1. The first-order valence-corrected chi connectivity index (χ1v) is 6.32. The summed E-state index contributed by atoms with van der Waals surface area (Å²) in [4.78, 5) is 12.5. The number of hydrogen-bond donors (Lipinski definition) is 1. The summed E-state index contributed by atoms with van der Waals surface area (Å²) in [5.41, 5.74) is 5.57. The molecule has 100 valence electrons. The van der Waals surface area contributed by atoms with E-state index < -0.39 is 5.82 Å². The molecule has 0 amide bonds. The number of fused-ring (bicyclic) bond motifs is 1. The summed E-state index contributed by atoms with van der Waals surface area (Å²) < 4.78 is 15.2. The summed E-state index contributed by atoms with van der Waals surface area (Å²) in [6.45, 7) is 0. The van der Waals surface area contributed by atoms with Crippen LogP contribution in [0.3, 0.4) is 0 Å². The average Bonchev–Trinajstić information content (AvgIpc) is 2.43. The highest BCUT2D eigenvalue weighted by molar-refractivity contribution is 6.30. The zero-order valence-corrected chi connectivity index (χ0v) is 11.1. The molecule has 3 rings (SSSR count). The predicted molar refractivity (Wildman–Crippen MR) is 78.9 cm³/mol. The third kappa shape index (κ3) is 1.85. The maximum Gasteiger partial charge on any atom is 0.264 e. The van der Waals surface area contributed by atoms with E-state index in [1.165, 1.54) is 12.1 Å². The van der Waals surface area contributed by atoms with E-state index in [9.17, 15) is 9.18 Å². The summed E-state index contributed by atoms with van der Waals surface area (Å²) in [6, 6.07) is 13.1. The van der Waals surface area contributed by atoms with Gasteiger partial charge in [0.2, 0.25) is 0 Å². The van der Waals surface area contributed by atoms with Crippen molar-refractivity contribution in [2.75, 3.05) is 5.73 Å². The molecule has 0 fully saturated rings. The van der Waals surface area contributed by atoms with E-state index in [4.69, 9.17) is 17.3 Å². The van der Waals surface area contributed by atoms with Crippen molar-refractivity contribution < 1.29 is 4.39 Å². The van der Waals surface area contributed by atoms with Crippen LogP contribution < -0.4 is 11.3 Å². The van der Waals surface area contributed by atoms with E-state index >= 15 is 0 Å². The van der Waals surface area contributed by atoms with Crippen molar-refractivity contribution >= 4 is 28.2 Å². The molecule has 0 bridgehead atoms. The Bertz CT molecular complexity index is 873. The van der Waals surface area contributed by atoms with Crippen LogP contribution in [0.4, 0.5) is 10.2 Å². The fourth-order valence-electron chi connectivity index (χ4n) is 2.19. The largest absolute Gasteiger partial charge is 0.385 e. The Balaban J connectivity index is 2.43. The number of nitrogens with zero attached hydrogens (tertiary/aromatic N) is 1. The maximum absolute atomic E-state index is 14.1. The molecule has 2 aromatic carbocycles. The lowest BCUT2D eigenvalue weighted by Gasteiger charge is -2.12. The van der Waals surface area contributed by atoms with Crippen LogP contribution in [0, 0.1) is 5.82 Å². The minimum absolute atomic E-state index is 0.0470. The SMILES string of the molecule is Nc1cc2ccccc2c(=O)n1-c1cccc(Cl)c1F. The third-order valence-corrected chi connectivity index (χ3v) is 3.42. The molecule has 1 aromatic heterocycles. The van der Waals surface area contributed by atoms with E-state index in [1.807, 2.05) is 6.07 Å². The monoisotopic (exact) mass is 288 g/mol. The highest BCUT2D eigenvalue weighted by Gasteiger charge is 2.14. The molecule has 3 nitrogen and oxygen atoms in total. The topological polar surface area (TPSA) is 48.0 Å². The van der Waals surface area contributed by atoms with Crippen LogP contribution >= 0.6 is 11.6 Å². The molecule has 1 heterocycles. The van der Waals surface area contributed by atoms with E-state index in [1.54, 1.807) is 30.3 Å². The Morgan fingerprint density at radius 3 is 2.65 bits per heavy atom. The Kier molecular flexibility index (Phi) is 2.95. The smallest absolute Gasteiger partial charge is 0.264 e. The summed E-state index contributed by atoms with van der Waals surface area (Å²) >= 11 is 5.76. The van der Waals surface area contributed by atoms with E-state index in [-0.39, 0.29) is 22.1 Å². The lowest BCUT2D eigenvalue weighted by molar-refractivity contribution is 0.618. The van der Waals surface area contributed by atoms with Gasteiger partial charge >= 0.3 is 0 Å². The van der Waals surface area contributed by atoms with Crippen molar-refractivity contribution in [2.45, 2.75) is 0 Å². The molecule has 0 saturated heterocycles. The molecule has 2 N–H and O–H groups in total. The zero-order chi connectivity index (χ0) is 14.3. The average molecular weight is 289 g/mol. The minimum atomic E-state index is -0.668. The quantitative estimate of drug-likeness (QED) is 0.746. The fourth-order valence-corrected chi connectivity index (χ4v) is 2.36. The van der Waals surface area contributed by atoms with Gasteiger partial charge in [0.25, 0.3) is 5.56 Å². The zero-order valence-electron chi connectivity index (χ0n) is 10.3. The van der Waals surface area contributed by atoms with Crippen molar-refractivity contribution in [1.29, 1.82) is 0 Å². The molecule has 3 aromatic rings. The maximum atomic E-state index is 14.1. The van der Waals surface area contributed by atoms with Crippen LogP contribution in [0.15, 0.2) is 53.3 Å². The van der Waals surface area contributed by atoms with Crippen molar-refractivity contribution in [3.05, 3.63) is 69.7 Å². The number of pyridine rings is 1. The molecule has 0 aliphatic heterocycles. The van der Waals surface area contributed by atoms with Gasteiger partial charge in [-0.05, 0) is 29.7 Å². The van der Waals surface area contributed by atoms with Gasteiger partial charge in [-0.1, -0.05) is 35.9 Å². The van der Waals surface area contributed by atoms with E-state index in [0.29, 0.717) is 10.8 Å². The molecule has 0 saturated carbocycles. The van der Waals surface area contributed by atoms with Crippen LogP contribution in [0.1, 0.15) is 0 Å². The molecular weight excluding hydrogens is 279 g/mol. The molecule has 20 heavy (non-hydrogen) atoms. The molecule has 0 aliphatic rings. The van der Waals surface area contributed by atoms with Gasteiger partial charge in [0.1, 0.15) is 5.82 Å². The van der Waals surface area contributed by atoms with Gasteiger partial charge in [-0.25, -0.2) is 4.39 Å². The number of nitrogens with two attached hydrogens (primary N) is 1. The summed E-state index contributed by atoms with van der Waals surface area (Å²) in [5.74, 6) is -0.506. The first-order valence-electron chi connectivity index (χ1n) is 5.94. The highest BCUT2D eigenvalue weighted by Crippen LogP contribution is 2.23. The molecular formula is C15H10ClFN2O. The number of nitrogen functional groups attached to an aromatic ring is 1.